The summed E-state index contributed by atoms with van der Waals surface area (Å²) in [4.78, 5) is 16.6. The normalized spacial score (nSPS) is 10.5. The summed E-state index contributed by atoms with van der Waals surface area (Å²) >= 11 is 1.54. The third-order valence-corrected chi connectivity index (χ3v) is 3.25. The first-order valence-electron chi connectivity index (χ1n) is 5.51. The molecule has 96 valence electrons. The monoisotopic (exact) mass is 275 g/mol. The SMILES string of the molecule is O=C(OCc1cnc(-c2cccs2)o1)c1ccoc1. The van der Waals surface area contributed by atoms with Crippen LogP contribution in [0.2, 0.25) is 0 Å². The van der Waals surface area contributed by atoms with Gasteiger partial charge in [-0.25, -0.2) is 9.78 Å². The number of furan rings is 1. The minimum absolute atomic E-state index is 0.0440. The fourth-order valence-electron chi connectivity index (χ4n) is 1.49. The number of hydrogen-bond acceptors (Lipinski definition) is 6. The molecule has 6 heteroatoms. The summed E-state index contributed by atoms with van der Waals surface area (Å²) in [5, 5.41) is 1.94. The highest BCUT2D eigenvalue weighted by Crippen LogP contribution is 2.24. The maximum Gasteiger partial charge on any atom is 0.341 e. The van der Waals surface area contributed by atoms with Crippen molar-refractivity contribution in [2.75, 3.05) is 0 Å². The highest BCUT2D eigenvalue weighted by molar-refractivity contribution is 7.13. The zero-order valence-electron chi connectivity index (χ0n) is 9.74. The van der Waals surface area contributed by atoms with E-state index in [1.54, 1.807) is 12.3 Å². The van der Waals surface area contributed by atoms with Gasteiger partial charge in [0.05, 0.1) is 22.9 Å². The number of aromatic nitrogens is 1. The van der Waals surface area contributed by atoms with Gasteiger partial charge in [-0.15, -0.1) is 11.3 Å². The minimum Gasteiger partial charge on any atom is -0.472 e. The van der Waals surface area contributed by atoms with Gasteiger partial charge < -0.3 is 13.6 Å². The molecule has 0 aliphatic rings. The van der Waals surface area contributed by atoms with E-state index < -0.39 is 5.97 Å². The number of oxazole rings is 1. The van der Waals surface area contributed by atoms with E-state index in [4.69, 9.17) is 13.6 Å². The Bertz CT molecular complexity index is 655. The lowest BCUT2D eigenvalue weighted by Crippen LogP contribution is -2.03. The minimum atomic E-state index is -0.456. The Morgan fingerprint density at radius 3 is 3.11 bits per heavy atom. The van der Waals surface area contributed by atoms with Crippen LogP contribution in [0.5, 0.6) is 0 Å². The molecule has 0 spiro atoms. The van der Waals surface area contributed by atoms with E-state index in [-0.39, 0.29) is 6.61 Å². The second-order valence-electron chi connectivity index (χ2n) is 3.70. The van der Waals surface area contributed by atoms with Crippen LogP contribution in [0.1, 0.15) is 16.1 Å². The Morgan fingerprint density at radius 2 is 2.37 bits per heavy atom. The molecule has 0 N–H and O–H groups in total. The number of carbonyl (C=O) groups is 1. The van der Waals surface area contributed by atoms with Crippen molar-refractivity contribution in [3.63, 3.8) is 0 Å². The van der Waals surface area contributed by atoms with Crippen LogP contribution in [0.3, 0.4) is 0 Å². The molecule has 0 fully saturated rings. The van der Waals surface area contributed by atoms with Crippen LogP contribution >= 0.6 is 11.3 Å². The second kappa shape index (κ2) is 5.11. The lowest BCUT2D eigenvalue weighted by atomic mass is 10.3. The summed E-state index contributed by atoms with van der Waals surface area (Å²) in [5.74, 6) is 0.576. The van der Waals surface area contributed by atoms with Crippen molar-refractivity contribution in [3.8, 4) is 10.8 Å². The molecule has 3 rings (SSSR count). The molecule has 0 radical (unpaired) electrons. The molecule has 0 unspecified atom stereocenters. The highest BCUT2D eigenvalue weighted by atomic mass is 32.1. The fraction of sp³-hybridized carbons (Fsp3) is 0.0769. The molecule has 3 aromatic heterocycles. The van der Waals surface area contributed by atoms with E-state index in [0.717, 1.165) is 4.88 Å². The average molecular weight is 275 g/mol. The van der Waals surface area contributed by atoms with Gasteiger partial charge in [0.1, 0.15) is 6.26 Å². The van der Waals surface area contributed by atoms with Gasteiger partial charge in [-0.1, -0.05) is 6.07 Å². The maximum atomic E-state index is 11.6. The van der Waals surface area contributed by atoms with Gasteiger partial charge in [0.15, 0.2) is 12.4 Å². The topological polar surface area (TPSA) is 65.5 Å². The van der Waals surface area contributed by atoms with Crippen LogP contribution in [0.15, 0.2) is 51.1 Å². The molecule has 0 saturated heterocycles. The zero-order valence-corrected chi connectivity index (χ0v) is 10.6. The predicted octanol–water partition coefficient (Wildman–Crippen LogP) is 3.35. The number of hydrogen-bond donors (Lipinski definition) is 0. The Kier molecular flexibility index (Phi) is 3.16. The molecule has 0 aliphatic heterocycles. The van der Waals surface area contributed by atoms with Crippen LogP contribution in [0, 0.1) is 0 Å². The lowest BCUT2D eigenvalue weighted by molar-refractivity contribution is 0.0445. The molecular formula is C13H9NO4S. The quantitative estimate of drug-likeness (QED) is 0.683. The number of carbonyl (C=O) groups excluding carboxylic acids is 1. The molecule has 0 aromatic carbocycles. The molecule has 3 aromatic rings. The maximum absolute atomic E-state index is 11.6. The summed E-state index contributed by atoms with van der Waals surface area (Å²) in [6.07, 6.45) is 4.30. The molecule has 5 nitrogen and oxygen atoms in total. The van der Waals surface area contributed by atoms with Crippen molar-refractivity contribution in [2.24, 2.45) is 0 Å². The van der Waals surface area contributed by atoms with Gasteiger partial charge in [0, 0.05) is 0 Å². The first-order valence-corrected chi connectivity index (χ1v) is 6.39. The largest absolute Gasteiger partial charge is 0.472 e. The predicted molar refractivity (Wildman–Crippen MR) is 67.6 cm³/mol. The van der Waals surface area contributed by atoms with Crippen molar-refractivity contribution in [1.82, 2.24) is 4.98 Å². The lowest BCUT2D eigenvalue weighted by Gasteiger charge is -1.99. The van der Waals surface area contributed by atoms with Crippen molar-refractivity contribution >= 4 is 17.3 Å². The smallest absolute Gasteiger partial charge is 0.341 e. The van der Waals surface area contributed by atoms with Gasteiger partial charge in [0.25, 0.3) is 0 Å². The number of nitrogens with zero attached hydrogens (tertiary/aromatic N) is 1. The van der Waals surface area contributed by atoms with Crippen LogP contribution in [0.4, 0.5) is 0 Å². The number of rotatable bonds is 4. The highest BCUT2D eigenvalue weighted by Gasteiger charge is 2.12. The molecule has 19 heavy (non-hydrogen) atoms. The van der Waals surface area contributed by atoms with Gasteiger partial charge >= 0.3 is 5.97 Å². The molecule has 0 aliphatic carbocycles. The van der Waals surface area contributed by atoms with Gasteiger partial charge in [-0.05, 0) is 17.5 Å². The summed E-state index contributed by atoms with van der Waals surface area (Å²) in [7, 11) is 0. The van der Waals surface area contributed by atoms with E-state index in [1.807, 2.05) is 17.5 Å². The van der Waals surface area contributed by atoms with Gasteiger partial charge in [0.2, 0.25) is 5.89 Å². The molecule has 3 heterocycles. The molecule has 0 saturated carbocycles. The zero-order chi connectivity index (χ0) is 13.1. The number of thiophene rings is 1. The van der Waals surface area contributed by atoms with Crippen LogP contribution in [-0.4, -0.2) is 11.0 Å². The first-order chi connectivity index (χ1) is 9.33. The van der Waals surface area contributed by atoms with Crippen LogP contribution < -0.4 is 0 Å². The van der Waals surface area contributed by atoms with Crippen molar-refractivity contribution in [2.45, 2.75) is 6.61 Å². The fourth-order valence-corrected chi connectivity index (χ4v) is 2.15. The average Bonchev–Trinajstić information content (AvgIpc) is 3.14. The number of esters is 1. The van der Waals surface area contributed by atoms with Gasteiger partial charge in [-0.2, -0.15) is 0 Å². The van der Waals surface area contributed by atoms with Crippen LogP contribution in [0.25, 0.3) is 10.8 Å². The third-order valence-electron chi connectivity index (χ3n) is 2.39. The summed E-state index contributed by atoms with van der Waals surface area (Å²) in [6, 6.07) is 5.38. The second-order valence-corrected chi connectivity index (χ2v) is 4.64. The van der Waals surface area contributed by atoms with E-state index in [1.165, 1.54) is 23.9 Å². The molecular weight excluding hydrogens is 266 g/mol. The summed E-state index contributed by atoms with van der Waals surface area (Å²) < 4.78 is 15.4. The van der Waals surface area contributed by atoms with E-state index in [2.05, 4.69) is 4.98 Å². The Morgan fingerprint density at radius 1 is 1.42 bits per heavy atom. The third kappa shape index (κ3) is 2.58. The van der Waals surface area contributed by atoms with E-state index in [0.29, 0.717) is 17.2 Å². The molecule has 0 bridgehead atoms. The van der Waals surface area contributed by atoms with Crippen molar-refractivity contribution in [3.05, 3.63) is 53.6 Å². The molecule has 0 atom stereocenters. The Labute approximate surface area is 112 Å². The van der Waals surface area contributed by atoms with Crippen molar-refractivity contribution in [1.29, 1.82) is 0 Å². The summed E-state index contributed by atoms with van der Waals surface area (Å²) in [6.45, 7) is 0.0440. The van der Waals surface area contributed by atoms with E-state index >= 15 is 0 Å². The van der Waals surface area contributed by atoms with Crippen molar-refractivity contribution < 1.29 is 18.4 Å². The van der Waals surface area contributed by atoms with Crippen LogP contribution in [-0.2, 0) is 11.3 Å². The Hall–Kier alpha value is -2.34. The first kappa shape index (κ1) is 11.7. The number of ether oxygens (including phenoxy) is 1. The van der Waals surface area contributed by atoms with Gasteiger partial charge in [-0.3, -0.25) is 0 Å². The standard InChI is InChI=1S/C13H9NO4S/c15-13(9-3-4-16-7-9)17-8-10-6-14-12(18-10)11-2-1-5-19-11/h1-7H,8H2. The summed E-state index contributed by atoms with van der Waals surface area (Å²) in [5.41, 5.74) is 0.373. The molecule has 0 amide bonds. The Balaban J connectivity index is 1.63. The van der Waals surface area contributed by atoms with E-state index in [9.17, 15) is 4.79 Å².